The van der Waals surface area contributed by atoms with Crippen molar-refractivity contribution in [3.63, 3.8) is 0 Å². The lowest BCUT2D eigenvalue weighted by Gasteiger charge is -2.45. The number of allylic oxidation sites excluding steroid dienone is 2. The summed E-state index contributed by atoms with van der Waals surface area (Å²) in [5, 5.41) is 9.06. The highest BCUT2D eigenvalue weighted by Gasteiger charge is 2.51. The molecule has 0 atom stereocenters. The van der Waals surface area contributed by atoms with E-state index in [1.165, 1.54) is 55.9 Å². The largest absolute Gasteiger partial charge is 0.310 e. The van der Waals surface area contributed by atoms with Gasteiger partial charge in [0.2, 0.25) is 0 Å². The van der Waals surface area contributed by atoms with Crippen molar-refractivity contribution < 1.29 is 0 Å². The molecule has 8 aromatic carbocycles. The van der Waals surface area contributed by atoms with E-state index in [4.69, 9.17) is 5.41 Å². The first-order chi connectivity index (χ1) is 27.2. The van der Waals surface area contributed by atoms with E-state index in [0.29, 0.717) is 5.71 Å². The molecule has 2 aliphatic rings. The van der Waals surface area contributed by atoms with Gasteiger partial charge in [-0.15, -0.1) is 0 Å². The summed E-state index contributed by atoms with van der Waals surface area (Å²) in [7, 11) is 0. The van der Waals surface area contributed by atoms with Gasteiger partial charge >= 0.3 is 0 Å². The standard InChI is InChI=1S/C53H38N2/c54-50(38-19-6-2-7-20-38)36-42(33-37-17-4-1-5-18-37)40-22-16-21-39(34-40)41-31-32-45-44-25-10-11-26-46(44)53(49(45)35-41)47-27-12-14-29-51(47)55(43-23-8-3-9-24-43)52-30-15-13-28-48(52)53/h1-32,34-36,54H,33H2/b42-36+,54-50?. The lowest BCUT2D eigenvalue weighted by molar-refractivity contribution is 0.753. The molecule has 0 radical (unpaired) electrons. The van der Waals surface area contributed by atoms with Crippen LogP contribution in [-0.2, 0) is 11.8 Å². The van der Waals surface area contributed by atoms with Gasteiger partial charge < -0.3 is 10.3 Å². The molecule has 1 N–H and O–H groups in total. The van der Waals surface area contributed by atoms with E-state index in [-0.39, 0.29) is 0 Å². The topological polar surface area (TPSA) is 27.1 Å². The minimum Gasteiger partial charge on any atom is -0.310 e. The predicted octanol–water partition coefficient (Wildman–Crippen LogP) is 13.2. The Morgan fingerprint density at radius 2 is 1.00 bits per heavy atom. The summed E-state index contributed by atoms with van der Waals surface area (Å²) in [6.45, 7) is 0. The van der Waals surface area contributed by atoms with Crippen molar-refractivity contribution in [2.75, 3.05) is 4.90 Å². The van der Waals surface area contributed by atoms with E-state index >= 15 is 0 Å². The van der Waals surface area contributed by atoms with Crippen molar-refractivity contribution in [3.05, 3.63) is 251 Å². The zero-order valence-corrected chi connectivity index (χ0v) is 30.4. The molecule has 0 saturated carbocycles. The summed E-state index contributed by atoms with van der Waals surface area (Å²) in [6, 6.07) is 74.2. The maximum Gasteiger partial charge on any atom is 0.0754 e. The molecule has 0 bridgehead atoms. The highest BCUT2D eigenvalue weighted by atomic mass is 15.2. The van der Waals surface area contributed by atoms with Gasteiger partial charge in [0.15, 0.2) is 0 Å². The third-order valence-electron chi connectivity index (χ3n) is 11.4. The fraction of sp³-hybridized carbons (Fsp3) is 0.0377. The van der Waals surface area contributed by atoms with Crippen molar-refractivity contribution >= 4 is 28.3 Å². The van der Waals surface area contributed by atoms with Gasteiger partial charge in [-0.1, -0.05) is 170 Å². The number of hydrogen-bond donors (Lipinski definition) is 1. The lowest BCUT2D eigenvalue weighted by atomic mass is 9.64. The number of benzene rings is 8. The minimum absolute atomic E-state index is 0.508. The predicted molar refractivity (Wildman–Crippen MR) is 229 cm³/mol. The van der Waals surface area contributed by atoms with Crippen molar-refractivity contribution in [3.8, 4) is 22.3 Å². The summed E-state index contributed by atoms with van der Waals surface area (Å²) in [5.41, 5.74) is 17.9. The quantitative estimate of drug-likeness (QED) is 0.164. The highest BCUT2D eigenvalue weighted by molar-refractivity contribution is 6.10. The Hall–Kier alpha value is -7.03. The maximum atomic E-state index is 9.06. The molecule has 0 saturated heterocycles. The number of hydrogen-bond acceptors (Lipinski definition) is 2. The van der Waals surface area contributed by atoms with E-state index < -0.39 is 5.41 Å². The number of anilines is 3. The average Bonchev–Trinajstić information content (AvgIpc) is 3.54. The Bertz CT molecular complexity index is 2700. The molecule has 0 unspecified atom stereocenters. The van der Waals surface area contributed by atoms with Gasteiger partial charge in [0.05, 0.1) is 22.5 Å². The molecular formula is C53H38N2. The third-order valence-corrected chi connectivity index (χ3v) is 11.4. The molecule has 260 valence electrons. The van der Waals surface area contributed by atoms with Crippen molar-refractivity contribution in [2.45, 2.75) is 11.8 Å². The van der Waals surface area contributed by atoms with Crippen LogP contribution in [0.3, 0.4) is 0 Å². The normalized spacial score (nSPS) is 13.5. The number of nitrogens with one attached hydrogen (secondary N) is 1. The zero-order chi connectivity index (χ0) is 36.8. The van der Waals surface area contributed by atoms with Crippen LogP contribution in [0, 0.1) is 5.41 Å². The molecule has 1 aliphatic heterocycles. The molecule has 1 heterocycles. The Morgan fingerprint density at radius 3 is 1.71 bits per heavy atom. The molecule has 1 spiro atoms. The van der Waals surface area contributed by atoms with E-state index in [1.54, 1.807) is 0 Å². The number of fused-ring (bicyclic) bond motifs is 9. The second kappa shape index (κ2) is 13.4. The first-order valence-corrected chi connectivity index (χ1v) is 19.0. The van der Waals surface area contributed by atoms with Crippen LogP contribution in [0.2, 0.25) is 0 Å². The molecule has 10 rings (SSSR count). The first-order valence-electron chi connectivity index (χ1n) is 19.0. The van der Waals surface area contributed by atoms with Crippen LogP contribution in [0.1, 0.15) is 38.9 Å². The smallest absolute Gasteiger partial charge is 0.0754 e. The molecule has 0 amide bonds. The van der Waals surface area contributed by atoms with Crippen LogP contribution in [0.5, 0.6) is 0 Å². The van der Waals surface area contributed by atoms with Gasteiger partial charge in [-0.3, -0.25) is 0 Å². The van der Waals surface area contributed by atoms with E-state index in [1.807, 2.05) is 36.4 Å². The van der Waals surface area contributed by atoms with Gasteiger partial charge in [0.1, 0.15) is 0 Å². The molecule has 0 aromatic heterocycles. The Balaban J connectivity index is 1.16. The first kappa shape index (κ1) is 32.6. The van der Waals surface area contributed by atoms with E-state index in [2.05, 4.69) is 181 Å². The molecule has 0 fully saturated rings. The van der Waals surface area contributed by atoms with Gasteiger partial charge in [0.25, 0.3) is 0 Å². The zero-order valence-electron chi connectivity index (χ0n) is 30.4. The Kier molecular flexibility index (Phi) is 7.96. The van der Waals surface area contributed by atoms with Crippen LogP contribution in [0.15, 0.2) is 212 Å². The molecule has 8 aromatic rings. The minimum atomic E-state index is -0.513. The summed E-state index contributed by atoms with van der Waals surface area (Å²) < 4.78 is 0. The number of rotatable bonds is 7. The van der Waals surface area contributed by atoms with Crippen molar-refractivity contribution in [2.24, 2.45) is 0 Å². The molecular weight excluding hydrogens is 665 g/mol. The maximum absolute atomic E-state index is 9.06. The van der Waals surface area contributed by atoms with Gasteiger partial charge in [-0.05, 0) is 116 Å². The Morgan fingerprint density at radius 1 is 0.455 bits per heavy atom. The highest BCUT2D eigenvalue weighted by Crippen LogP contribution is 2.63. The lowest BCUT2D eigenvalue weighted by Crippen LogP contribution is -2.36. The molecule has 2 nitrogen and oxygen atoms in total. The van der Waals surface area contributed by atoms with Crippen molar-refractivity contribution in [1.29, 1.82) is 5.41 Å². The number of para-hydroxylation sites is 3. The van der Waals surface area contributed by atoms with E-state index in [0.717, 1.165) is 34.4 Å². The molecule has 2 heteroatoms. The van der Waals surface area contributed by atoms with Crippen LogP contribution < -0.4 is 4.90 Å². The van der Waals surface area contributed by atoms with E-state index in [9.17, 15) is 0 Å². The van der Waals surface area contributed by atoms with Crippen LogP contribution >= 0.6 is 0 Å². The summed E-state index contributed by atoms with van der Waals surface area (Å²) in [6.07, 6.45) is 2.78. The third kappa shape index (κ3) is 5.37. The van der Waals surface area contributed by atoms with Crippen LogP contribution in [0.25, 0.3) is 27.8 Å². The summed E-state index contributed by atoms with van der Waals surface area (Å²) in [4.78, 5) is 2.43. The molecule has 1 aliphatic carbocycles. The fourth-order valence-electron chi connectivity index (χ4n) is 8.97. The van der Waals surface area contributed by atoms with Crippen molar-refractivity contribution in [1.82, 2.24) is 0 Å². The Labute approximate surface area is 322 Å². The fourth-order valence-corrected chi connectivity index (χ4v) is 8.97. The van der Waals surface area contributed by atoms with Gasteiger partial charge in [-0.2, -0.15) is 0 Å². The molecule has 55 heavy (non-hydrogen) atoms. The summed E-state index contributed by atoms with van der Waals surface area (Å²) >= 11 is 0. The van der Waals surface area contributed by atoms with Crippen LogP contribution in [0.4, 0.5) is 17.1 Å². The SMILES string of the molecule is N=C(/C=C(\Cc1ccccc1)c1cccc(-c2ccc3c(c2)C2(c4ccccc4-3)c3ccccc3N(c3ccccc3)c3ccccc32)c1)c1ccccc1. The summed E-state index contributed by atoms with van der Waals surface area (Å²) in [5.74, 6) is 0. The van der Waals surface area contributed by atoms with Crippen LogP contribution in [-0.4, -0.2) is 5.71 Å². The second-order valence-electron chi connectivity index (χ2n) is 14.5. The monoisotopic (exact) mass is 702 g/mol. The van der Waals surface area contributed by atoms with Gasteiger partial charge in [0, 0.05) is 5.69 Å². The second-order valence-corrected chi connectivity index (χ2v) is 14.5. The number of nitrogens with zero attached hydrogens (tertiary/aromatic N) is 1. The van der Waals surface area contributed by atoms with Gasteiger partial charge in [-0.25, -0.2) is 0 Å². The average molecular weight is 703 g/mol.